The number of allylic oxidation sites excluding steroid dienone is 2. The summed E-state index contributed by atoms with van der Waals surface area (Å²) >= 11 is 4.33. The maximum absolute atomic E-state index is 5.39. The highest BCUT2D eigenvalue weighted by Crippen LogP contribution is 2.13. The van der Waals surface area contributed by atoms with Crippen LogP contribution in [0.2, 0.25) is 0 Å². The highest BCUT2D eigenvalue weighted by molar-refractivity contribution is 7.80. The number of thiol groups is 1. The zero-order valence-electron chi connectivity index (χ0n) is 7.40. The van der Waals surface area contributed by atoms with Crippen LogP contribution < -0.4 is 5.73 Å². The van der Waals surface area contributed by atoms with Crippen LogP contribution >= 0.6 is 12.6 Å². The van der Waals surface area contributed by atoms with Crippen molar-refractivity contribution < 1.29 is 0 Å². The number of hydrogen-bond acceptors (Lipinski definition) is 2. The predicted octanol–water partition coefficient (Wildman–Crippen LogP) is 2.55. The van der Waals surface area contributed by atoms with Gasteiger partial charge >= 0.3 is 0 Å². The van der Waals surface area contributed by atoms with Crippen molar-refractivity contribution in [2.24, 2.45) is 5.73 Å². The molecule has 1 aromatic rings. The van der Waals surface area contributed by atoms with Crippen molar-refractivity contribution in [1.82, 2.24) is 0 Å². The average Bonchev–Trinajstić information content (AvgIpc) is 2.08. The van der Waals surface area contributed by atoms with Gasteiger partial charge in [0.15, 0.2) is 0 Å². The largest absolute Gasteiger partial charge is 0.399 e. The lowest BCUT2D eigenvalue weighted by Crippen LogP contribution is -1.89. The van der Waals surface area contributed by atoms with Crippen LogP contribution in [0.5, 0.6) is 0 Å². The molecule has 2 N–H and O–H groups in total. The fourth-order valence-corrected chi connectivity index (χ4v) is 1.27. The van der Waals surface area contributed by atoms with Crippen LogP contribution in [0.1, 0.15) is 5.56 Å². The van der Waals surface area contributed by atoms with E-state index in [1.807, 2.05) is 30.3 Å². The topological polar surface area (TPSA) is 26.0 Å². The van der Waals surface area contributed by atoms with Gasteiger partial charge in [0.25, 0.3) is 0 Å². The molecule has 13 heavy (non-hydrogen) atoms. The van der Waals surface area contributed by atoms with Gasteiger partial charge in [-0.15, -0.1) is 12.6 Å². The Hall–Kier alpha value is -1.15. The minimum absolute atomic E-state index is 0.580. The highest BCUT2D eigenvalue weighted by Gasteiger charge is 1.93. The molecule has 0 aliphatic heterocycles. The molecule has 2 heteroatoms. The molecular weight excluding hydrogens is 178 g/mol. The Labute approximate surface area is 84.4 Å². The van der Waals surface area contributed by atoms with E-state index in [-0.39, 0.29) is 0 Å². The molecule has 1 nitrogen and oxygen atoms in total. The quantitative estimate of drug-likeness (QED) is 0.557. The summed E-state index contributed by atoms with van der Waals surface area (Å²) in [5, 5.41) is 0. The zero-order chi connectivity index (χ0) is 9.68. The molecule has 0 unspecified atom stereocenters. The minimum Gasteiger partial charge on any atom is -0.399 e. The monoisotopic (exact) mass is 191 g/mol. The smallest absolute Gasteiger partial charge is 0.0237 e. The van der Waals surface area contributed by atoms with Gasteiger partial charge in [-0.05, 0) is 24.1 Å². The van der Waals surface area contributed by atoms with Gasteiger partial charge in [-0.3, -0.25) is 0 Å². The summed E-state index contributed by atoms with van der Waals surface area (Å²) in [6.07, 6.45) is 4.63. The second-order valence-electron chi connectivity index (χ2n) is 2.81. The van der Waals surface area contributed by atoms with Crippen LogP contribution in [0.4, 0.5) is 0 Å². The number of hydrogen-bond donors (Lipinski definition) is 2. The van der Waals surface area contributed by atoms with E-state index in [1.165, 1.54) is 5.56 Å². The van der Waals surface area contributed by atoms with Crippen LogP contribution in [0.25, 0.3) is 0 Å². The van der Waals surface area contributed by atoms with E-state index in [1.54, 1.807) is 6.08 Å². The van der Waals surface area contributed by atoms with E-state index in [0.29, 0.717) is 5.70 Å². The van der Waals surface area contributed by atoms with Crippen LogP contribution in [-0.2, 0) is 6.42 Å². The predicted molar refractivity (Wildman–Crippen MR) is 59.9 cm³/mol. The van der Waals surface area contributed by atoms with E-state index >= 15 is 0 Å². The molecular formula is C11H13NS. The Morgan fingerprint density at radius 1 is 1.46 bits per heavy atom. The number of nitrogens with two attached hydrogens (primary N) is 1. The van der Waals surface area contributed by atoms with Crippen molar-refractivity contribution in [1.29, 1.82) is 0 Å². The Morgan fingerprint density at radius 3 is 2.77 bits per heavy atom. The molecule has 68 valence electrons. The maximum atomic E-state index is 5.39. The Balaban J connectivity index is 2.64. The minimum atomic E-state index is 0.580. The van der Waals surface area contributed by atoms with E-state index < -0.39 is 0 Å². The summed E-state index contributed by atoms with van der Waals surface area (Å²) in [5.74, 6) is 0. The summed E-state index contributed by atoms with van der Waals surface area (Å²) in [7, 11) is 0. The van der Waals surface area contributed by atoms with Gasteiger partial charge in [-0.25, -0.2) is 0 Å². The van der Waals surface area contributed by atoms with Crippen LogP contribution in [0, 0.1) is 0 Å². The Morgan fingerprint density at radius 2 is 2.15 bits per heavy atom. The molecule has 1 rings (SSSR count). The Bertz CT molecular complexity index is 329. The standard InChI is InChI=1S/C11H13NS/c1-9(12)5-4-7-10-6-2-3-8-11(10)13/h2-6,8,13H,1,7,12H2/b5-4-. The zero-order valence-corrected chi connectivity index (χ0v) is 8.30. The third-order valence-corrected chi connectivity index (χ3v) is 2.10. The summed E-state index contributed by atoms with van der Waals surface area (Å²) < 4.78 is 0. The van der Waals surface area contributed by atoms with E-state index in [9.17, 15) is 0 Å². The summed E-state index contributed by atoms with van der Waals surface area (Å²) in [5.41, 5.74) is 7.17. The average molecular weight is 191 g/mol. The van der Waals surface area contributed by atoms with Crippen molar-refractivity contribution in [2.75, 3.05) is 0 Å². The molecule has 0 fully saturated rings. The van der Waals surface area contributed by atoms with Gasteiger partial charge in [0, 0.05) is 10.6 Å². The van der Waals surface area contributed by atoms with Crippen molar-refractivity contribution in [2.45, 2.75) is 11.3 Å². The van der Waals surface area contributed by atoms with Crippen molar-refractivity contribution in [3.8, 4) is 0 Å². The first-order valence-corrected chi connectivity index (χ1v) is 4.52. The molecule has 0 amide bonds. The first kappa shape index (κ1) is 9.93. The van der Waals surface area contributed by atoms with Crippen LogP contribution in [0.15, 0.2) is 53.6 Å². The third-order valence-electron chi connectivity index (χ3n) is 1.66. The molecule has 0 heterocycles. The van der Waals surface area contributed by atoms with Gasteiger partial charge in [0.05, 0.1) is 0 Å². The normalized spacial score (nSPS) is 10.5. The molecule has 0 radical (unpaired) electrons. The molecule has 0 aliphatic rings. The molecule has 0 atom stereocenters. The summed E-state index contributed by atoms with van der Waals surface area (Å²) in [4.78, 5) is 1.01. The van der Waals surface area contributed by atoms with Crippen molar-refractivity contribution in [3.05, 3.63) is 54.3 Å². The summed E-state index contributed by atoms with van der Waals surface area (Å²) in [6.45, 7) is 3.58. The molecule has 0 aliphatic carbocycles. The second-order valence-corrected chi connectivity index (χ2v) is 3.29. The lowest BCUT2D eigenvalue weighted by Gasteiger charge is -1.99. The van der Waals surface area contributed by atoms with Gasteiger partial charge in [-0.1, -0.05) is 30.9 Å². The lowest BCUT2D eigenvalue weighted by molar-refractivity contribution is 1.18. The molecule has 0 aromatic heterocycles. The molecule has 0 saturated heterocycles. The molecule has 0 saturated carbocycles. The fourth-order valence-electron chi connectivity index (χ4n) is 1.02. The van der Waals surface area contributed by atoms with Gasteiger partial charge in [0.1, 0.15) is 0 Å². The molecule has 0 bridgehead atoms. The van der Waals surface area contributed by atoms with Gasteiger partial charge < -0.3 is 5.73 Å². The van der Waals surface area contributed by atoms with E-state index in [0.717, 1.165) is 11.3 Å². The van der Waals surface area contributed by atoms with Crippen molar-refractivity contribution in [3.63, 3.8) is 0 Å². The SMILES string of the molecule is C=C(N)/C=C\Cc1ccccc1S. The lowest BCUT2D eigenvalue weighted by atomic mass is 10.1. The fraction of sp³-hybridized carbons (Fsp3) is 0.0909. The second kappa shape index (κ2) is 4.77. The molecule has 1 aromatic carbocycles. The van der Waals surface area contributed by atoms with E-state index in [4.69, 9.17) is 5.73 Å². The number of benzene rings is 1. The van der Waals surface area contributed by atoms with Crippen molar-refractivity contribution >= 4 is 12.6 Å². The molecule has 0 spiro atoms. The summed E-state index contributed by atoms with van der Waals surface area (Å²) in [6, 6.07) is 7.99. The van der Waals surface area contributed by atoms with Crippen LogP contribution in [-0.4, -0.2) is 0 Å². The third kappa shape index (κ3) is 3.38. The maximum Gasteiger partial charge on any atom is 0.0237 e. The highest BCUT2D eigenvalue weighted by atomic mass is 32.1. The van der Waals surface area contributed by atoms with Gasteiger partial charge in [-0.2, -0.15) is 0 Å². The van der Waals surface area contributed by atoms with Gasteiger partial charge in [0.2, 0.25) is 0 Å². The first-order chi connectivity index (χ1) is 6.20. The Kier molecular flexibility index (Phi) is 3.65. The van der Waals surface area contributed by atoms with E-state index in [2.05, 4.69) is 19.2 Å². The number of rotatable bonds is 3. The van der Waals surface area contributed by atoms with Crippen LogP contribution in [0.3, 0.4) is 0 Å². The first-order valence-electron chi connectivity index (χ1n) is 4.08.